The number of hydrogen-bond acceptors (Lipinski definition) is 8. The van der Waals surface area contributed by atoms with Gasteiger partial charge in [-0.1, -0.05) is 94.9 Å². The minimum atomic E-state index is -1.02. The van der Waals surface area contributed by atoms with Crippen LogP contribution in [0.4, 0.5) is 9.52 Å². The number of carbonyl (C=O) groups is 2. The van der Waals surface area contributed by atoms with E-state index in [1.807, 2.05) is 31.2 Å². The van der Waals surface area contributed by atoms with E-state index in [-0.39, 0.29) is 22.3 Å². The predicted molar refractivity (Wildman–Crippen MR) is 174 cm³/mol. The molecule has 6 rings (SSSR count). The topological polar surface area (TPSA) is 92.6 Å². The minimum Gasteiger partial charge on any atom is -0.507 e. The lowest BCUT2D eigenvalue weighted by Crippen LogP contribution is -2.29. The third-order valence-electron chi connectivity index (χ3n) is 7.14. The zero-order chi connectivity index (χ0) is 31.5. The number of hydrogen-bond donors (Lipinski definition) is 1. The Morgan fingerprint density at radius 3 is 2.53 bits per heavy atom. The number of thioether (sulfide) groups is 1. The standard InChI is InChI=1S/C34H25ClFN3O4S2/c1-20-6-4-7-21(16-20)18-43-26-14-12-22(13-15-26)30(40)28-29(23-9-5-10-25(35)17-23)39(32(42)31(28)41)33-37-38-34(45-33)44-19-24-8-2-3-11-27(24)36/h2-17,29,40H,18-19H2,1H3. The van der Waals surface area contributed by atoms with Crippen molar-refractivity contribution >= 4 is 57.3 Å². The molecule has 1 saturated heterocycles. The predicted octanol–water partition coefficient (Wildman–Crippen LogP) is 8.14. The van der Waals surface area contributed by atoms with E-state index >= 15 is 0 Å². The number of aromatic nitrogens is 2. The lowest BCUT2D eigenvalue weighted by molar-refractivity contribution is -0.132. The van der Waals surface area contributed by atoms with Crippen LogP contribution in [-0.2, 0) is 21.9 Å². The van der Waals surface area contributed by atoms with E-state index in [0.717, 1.165) is 22.5 Å². The molecule has 1 unspecified atom stereocenters. The molecule has 1 N–H and O–H groups in total. The van der Waals surface area contributed by atoms with Crippen LogP contribution in [0.15, 0.2) is 107 Å². The van der Waals surface area contributed by atoms with E-state index in [1.165, 1.54) is 22.7 Å². The number of carbonyl (C=O) groups excluding carboxylic acids is 2. The molecule has 45 heavy (non-hydrogen) atoms. The molecule has 1 amide bonds. The molecule has 7 nitrogen and oxygen atoms in total. The van der Waals surface area contributed by atoms with E-state index in [2.05, 4.69) is 10.2 Å². The van der Waals surface area contributed by atoms with Crippen LogP contribution in [0.1, 0.15) is 33.9 Å². The lowest BCUT2D eigenvalue weighted by atomic mass is 9.95. The van der Waals surface area contributed by atoms with Crippen molar-refractivity contribution in [1.82, 2.24) is 10.2 Å². The summed E-state index contributed by atoms with van der Waals surface area (Å²) in [4.78, 5) is 28.3. The largest absolute Gasteiger partial charge is 0.507 e. The summed E-state index contributed by atoms with van der Waals surface area (Å²) >= 11 is 8.67. The second kappa shape index (κ2) is 13.2. The highest BCUT2D eigenvalue weighted by atomic mass is 35.5. The Hall–Kier alpha value is -4.51. The van der Waals surface area contributed by atoms with Crippen molar-refractivity contribution in [2.24, 2.45) is 0 Å². The Morgan fingerprint density at radius 2 is 1.78 bits per heavy atom. The van der Waals surface area contributed by atoms with Gasteiger partial charge in [0.25, 0.3) is 5.78 Å². The maximum Gasteiger partial charge on any atom is 0.301 e. The fourth-order valence-corrected chi connectivity index (χ4v) is 7.02. The van der Waals surface area contributed by atoms with Gasteiger partial charge in [0.05, 0.1) is 11.6 Å². The summed E-state index contributed by atoms with van der Waals surface area (Å²) in [5, 5.41) is 20.4. The molecule has 4 aromatic carbocycles. The van der Waals surface area contributed by atoms with Crippen LogP contribution >= 0.6 is 34.7 Å². The van der Waals surface area contributed by atoms with Crippen LogP contribution in [0.3, 0.4) is 0 Å². The van der Waals surface area contributed by atoms with Gasteiger partial charge in [0.1, 0.15) is 23.9 Å². The number of benzene rings is 4. The quantitative estimate of drug-likeness (QED) is 0.0562. The average molecular weight is 658 g/mol. The fourth-order valence-electron chi connectivity index (χ4n) is 4.97. The highest BCUT2D eigenvalue weighted by Crippen LogP contribution is 2.44. The number of halogens is 2. The molecule has 0 saturated carbocycles. The molecule has 226 valence electrons. The Labute approximate surface area is 272 Å². The summed E-state index contributed by atoms with van der Waals surface area (Å²) in [5.74, 6) is -1.51. The van der Waals surface area contributed by atoms with E-state index < -0.39 is 17.7 Å². The monoisotopic (exact) mass is 657 g/mol. The number of rotatable bonds is 9. The third-order valence-corrected chi connectivity index (χ3v) is 9.48. The fraction of sp³-hybridized carbons (Fsp3) is 0.118. The maximum absolute atomic E-state index is 14.1. The van der Waals surface area contributed by atoms with Crippen LogP contribution in [0.2, 0.25) is 5.02 Å². The van der Waals surface area contributed by atoms with Gasteiger partial charge in [-0.05, 0) is 66.1 Å². The molecular weight excluding hydrogens is 633 g/mol. The zero-order valence-electron chi connectivity index (χ0n) is 23.8. The van der Waals surface area contributed by atoms with Crippen LogP contribution in [0, 0.1) is 12.7 Å². The summed E-state index contributed by atoms with van der Waals surface area (Å²) in [5.41, 5.74) is 3.40. The van der Waals surface area contributed by atoms with E-state index in [0.29, 0.717) is 44.2 Å². The molecule has 1 aliphatic heterocycles. The minimum absolute atomic E-state index is 0.105. The van der Waals surface area contributed by atoms with E-state index in [1.54, 1.807) is 66.7 Å². The molecule has 1 atom stereocenters. The van der Waals surface area contributed by atoms with Gasteiger partial charge in [-0.15, -0.1) is 10.2 Å². The summed E-state index contributed by atoms with van der Waals surface area (Å²) in [7, 11) is 0. The number of aryl methyl sites for hydroxylation is 1. The number of anilines is 1. The number of amides is 1. The van der Waals surface area contributed by atoms with Crippen LogP contribution in [0.25, 0.3) is 5.76 Å². The molecule has 0 spiro atoms. The van der Waals surface area contributed by atoms with Gasteiger partial charge >= 0.3 is 5.91 Å². The van der Waals surface area contributed by atoms with E-state index in [4.69, 9.17) is 16.3 Å². The number of ether oxygens (including phenoxy) is 1. The summed E-state index contributed by atoms with van der Waals surface area (Å²) < 4.78 is 20.5. The van der Waals surface area contributed by atoms with Crippen molar-refractivity contribution in [2.45, 2.75) is 29.7 Å². The molecule has 11 heteroatoms. The van der Waals surface area contributed by atoms with Gasteiger partial charge in [-0.25, -0.2) is 4.39 Å². The van der Waals surface area contributed by atoms with Crippen LogP contribution < -0.4 is 9.64 Å². The Morgan fingerprint density at radius 1 is 1.00 bits per heavy atom. The first-order chi connectivity index (χ1) is 21.8. The Kier molecular flexibility index (Phi) is 8.97. The van der Waals surface area contributed by atoms with Gasteiger partial charge in [-0.2, -0.15) is 0 Å². The van der Waals surface area contributed by atoms with Gasteiger partial charge in [0.15, 0.2) is 4.34 Å². The summed E-state index contributed by atoms with van der Waals surface area (Å²) in [6.07, 6.45) is 0. The average Bonchev–Trinajstić information content (AvgIpc) is 3.61. The smallest absolute Gasteiger partial charge is 0.301 e. The number of aliphatic hydroxyl groups excluding tert-OH is 1. The van der Waals surface area contributed by atoms with Crippen molar-refractivity contribution in [3.63, 3.8) is 0 Å². The highest BCUT2D eigenvalue weighted by molar-refractivity contribution is 8.00. The molecule has 0 radical (unpaired) electrons. The van der Waals surface area contributed by atoms with Crippen LogP contribution in [0.5, 0.6) is 5.75 Å². The first-order valence-corrected chi connectivity index (χ1v) is 16.0. The molecule has 1 aliphatic rings. The van der Waals surface area contributed by atoms with Gasteiger partial charge in [-0.3, -0.25) is 14.5 Å². The number of nitrogens with zero attached hydrogens (tertiary/aromatic N) is 3. The number of aliphatic hydroxyl groups is 1. The van der Waals surface area contributed by atoms with Crippen molar-refractivity contribution in [3.8, 4) is 5.75 Å². The normalized spacial score (nSPS) is 15.9. The summed E-state index contributed by atoms with van der Waals surface area (Å²) in [6.45, 7) is 2.38. The molecule has 0 bridgehead atoms. The number of Topliss-reactive ketones (excluding diaryl/α,β-unsaturated/α-hetero) is 1. The van der Waals surface area contributed by atoms with Gasteiger partial charge < -0.3 is 9.84 Å². The molecular formula is C34H25ClFN3O4S2. The van der Waals surface area contributed by atoms with Crippen molar-refractivity contribution in [1.29, 1.82) is 0 Å². The zero-order valence-corrected chi connectivity index (χ0v) is 26.2. The number of ketones is 1. The molecule has 0 aliphatic carbocycles. The Bertz CT molecular complexity index is 1930. The highest BCUT2D eigenvalue weighted by Gasteiger charge is 2.48. The first-order valence-electron chi connectivity index (χ1n) is 13.8. The third kappa shape index (κ3) is 6.63. The molecule has 1 aromatic heterocycles. The lowest BCUT2D eigenvalue weighted by Gasteiger charge is -2.22. The van der Waals surface area contributed by atoms with Crippen molar-refractivity contribution in [2.75, 3.05) is 4.90 Å². The van der Waals surface area contributed by atoms with Crippen molar-refractivity contribution in [3.05, 3.63) is 141 Å². The molecule has 5 aromatic rings. The van der Waals surface area contributed by atoms with Gasteiger partial charge in [0, 0.05) is 16.3 Å². The van der Waals surface area contributed by atoms with Crippen LogP contribution in [-0.4, -0.2) is 27.0 Å². The summed E-state index contributed by atoms with van der Waals surface area (Å²) in [6, 6.07) is 26.8. The first kappa shape index (κ1) is 30.5. The molecule has 2 heterocycles. The Balaban J connectivity index is 1.30. The van der Waals surface area contributed by atoms with Gasteiger partial charge in [0.2, 0.25) is 5.13 Å². The second-order valence-corrected chi connectivity index (χ2v) is 12.9. The maximum atomic E-state index is 14.1. The van der Waals surface area contributed by atoms with Crippen molar-refractivity contribution < 1.29 is 23.8 Å². The molecule has 1 fully saturated rings. The van der Waals surface area contributed by atoms with E-state index in [9.17, 15) is 19.1 Å². The SMILES string of the molecule is Cc1cccc(COc2ccc(C(O)=C3C(=O)C(=O)N(c4nnc(SCc5ccccc5F)s4)C3c3cccc(Cl)c3)cc2)c1. The second-order valence-electron chi connectivity index (χ2n) is 10.3.